The van der Waals surface area contributed by atoms with Crippen molar-refractivity contribution in [2.24, 2.45) is 10.2 Å². The fraction of sp³-hybridized carbons (Fsp3) is 0.600. The monoisotopic (exact) mass is 692 g/mol. The van der Waals surface area contributed by atoms with Gasteiger partial charge in [0.2, 0.25) is 0 Å². The standard InChI is InChI=1S/C30H50GeN8O6/c1-6-13-38(20-27(41)42)15-16-39(14-7-2)25(30(44)45)9-10-26(40)32-11-8-12-33-29(43)23-17-22(28-36-34-21-35-37-28)18-24(19-23)31(3,4)5/h17-19,21,25H,6-16,20H2,1-5H3,(H,32,40)(H,33,43)(H,34,35)(H,36,37)(H,41,42)(H,44,45). The molecule has 0 fully saturated rings. The second-order valence-corrected chi connectivity index (χ2v) is 22.7. The molecule has 0 radical (unpaired) electrons. The summed E-state index contributed by atoms with van der Waals surface area (Å²) in [6.07, 6.45) is 3.65. The third-order valence-corrected chi connectivity index (χ3v) is 11.5. The van der Waals surface area contributed by atoms with Crippen LogP contribution in [0.1, 0.15) is 61.9 Å². The van der Waals surface area contributed by atoms with Gasteiger partial charge >= 0.3 is 174 Å². The number of amides is 2. The maximum Gasteiger partial charge on any atom is 0.320 e. The maximum absolute atomic E-state index is 13.0. The maximum atomic E-state index is 13.0. The van der Waals surface area contributed by atoms with Crippen LogP contribution in [0, 0.1) is 0 Å². The molecule has 2 rings (SSSR count). The Hall–Kier alpha value is -3.50. The van der Waals surface area contributed by atoms with Crippen molar-refractivity contribution in [1.82, 2.24) is 31.3 Å². The molecular formula is C30H50GeN8O6. The summed E-state index contributed by atoms with van der Waals surface area (Å²) in [7, 11) is 0. The van der Waals surface area contributed by atoms with Crippen molar-refractivity contribution in [2.75, 3.05) is 45.8 Å². The van der Waals surface area contributed by atoms with Crippen molar-refractivity contribution in [3.8, 4) is 0 Å². The molecule has 1 atom stereocenters. The Balaban J connectivity index is 1.86. The van der Waals surface area contributed by atoms with Gasteiger partial charge in [0.25, 0.3) is 0 Å². The van der Waals surface area contributed by atoms with E-state index in [0.29, 0.717) is 57.1 Å². The van der Waals surface area contributed by atoms with E-state index in [1.807, 2.05) is 24.8 Å². The van der Waals surface area contributed by atoms with Crippen molar-refractivity contribution in [2.45, 2.75) is 69.3 Å². The van der Waals surface area contributed by atoms with Gasteiger partial charge in [-0.1, -0.05) is 13.8 Å². The number of carbonyl (C=O) groups excluding carboxylic acids is 2. The molecule has 0 bridgehead atoms. The van der Waals surface area contributed by atoms with E-state index in [-0.39, 0.29) is 31.2 Å². The molecule has 2 amide bonds. The molecule has 1 aliphatic heterocycles. The van der Waals surface area contributed by atoms with E-state index in [2.05, 4.69) is 55.0 Å². The Kier molecular flexibility index (Phi) is 16.0. The van der Waals surface area contributed by atoms with Crippen LogP contribution in [0.15, 0.2) is 28.4 Å². The van der Waals surface area contributed by atoms with Crippen LogP contribution in [-0.2, 0) is 14.4 Å². The number of hydrazone groups is 2. The number of amidine groups is 1. The molecule has 1 aromatic carbocycles. The van der Waals surface area contributed by atoms with E-state index in [9.17, 15) is 29.4 Å². The zero-order valence-electron chi connectivity index (χ0n) is 27.2. The smallest absolute Gasteiger partial charge is 0.320 e. The van der Waals surface area contributed by atoms with E-state index in [0.717, 1.165) is 22.8 Å². The molecule has 6 N–H and O–H groups in total. The molecule has 45 heavy (non-hydrogen) atoms. The van der Waals surface area contributed by atoms with Crippen LogP contribution in [0.4, 0.5) is 0 Å². The number of carbonyl (C=O) groups is 4. The van der Waals surface area contributed by atoms with Gasteiger partial charge in [-0.05, 0) is 25.9 Å². The minimum Gasteiger partial charge on any atom is -0.480 e. The topological polar surface area (TPSA) is 188 Å². The predicted molar refractivity (Wildman–Crippen MR) is 178 cm³/mol. The molecule has 0 spiro atoms. The Morgan fingerprint density at radius 1 is 0.956 bits per heavy atom. The zero-order chi connectivity index (χ0) is 33.4. The molecule has 0 saturated heterocycles. The van der Waals surface area contributed by atoms with Crippen LogP contribution in [-0.4, -0.2) is 121 Å². The van der Waals surface area contributed by atoms with Crippen molar-refractivity contribution >= 4 is 53.6 Å². The molecule has 1 aromatic rings. The Morgan fingerprint density at radius 2 is 1.67 bits per heavy atom. The van der Waals surface area contributed by atoms with Crippen LogP contribution >= 0.6 is 0 Å². The summed E-state index contributed by atoms with van der Waals surface area (Å²) in [6.45, 7) is 6.49. The molecule has 0 aromatic heterocycles. The van der Waals surface area contributed by atoms with Gasteiger partial charge in [0.1, 0.15) is 6.04 Å². The van der Waals surface area contributed by atoms with Gasteiger partial charge in [-0.25, -0.2) is 0 Å². The number of carboxylic acid groups (broad SMARTS) is 2. The fourth-order valence-corrected chi connectivity index (χ4v) is 7.36. The number of hydrogen-bond donors (Lipinski definition) is 6. The summed E-state index contributed by atoms with van der Waals surface area (Å²) in [4.78, 5) is 52.5. The van der Waals surface area contributed by atoms with Gasteiger partial charge in [0, 0.05) is 13.1 Å². The number of benzene rings is 1. The van der Waals surface area contributed by atoms with E-state index in [1.165, 1.54) is 6.34 Å². The van der Waals surface area contributed by atoms with Gasteiger partial charge in [-0.3, -0.25) is 19.4 Å². The Bertz CT molecular complexity index is 1220. The molecule has 1 aliphatic rings. The molecule has 0 saturated carbocycles. The van der Waals surface area contributed by atoms with Crippen molar-refractivity contribution in [1.29, 1.82) is 0 Å². The number of carboxylic acids is 2. The van der Waals surface area contributed by atoms with Crippen LogP contribution < -0.4 is 25.9 Å². The molecule has 0 aliphatic carbocycles. The van der Waals surface area contributed by atoms with Crippen molar-refractivity contribution < 1.29 is 29.4 Å². The third-order valence-electron chi connectivity index (χ3n) is 7.25. The van der Waals surface area contributed by atoms with E-state index >= 15 is 0 Å². The van der Waals surface area contributed by atoms with Crippen LogP contribution in [0.3, 0.4) is 0 Å². The van der Waals surface area contributed by atoms with Crippen LogP contribution in [0.5, 0.6) is 0 Å². The van der Waals surface area contributed by atoms with Gasteiger partial charge in [0.15, 0.2) is 0 Å². The van der Waals surface area contributed by atoms with Crippen LogP contribution in [0.25, 0.3) is 0 Å². The summed E-state index contributed by atoms with van der Waals surface area (Å²) in [6, 6.07) is 4.92. The Labute approximate surface area is 268 Å². The zero-order valence-corrected chi connectivity index (χ0v) is 29.3. The first-order valence-electron chi connectivity index (χ1n) is 15.6. The molecular weight excluding hydrogens is 641 g/mol. The molecule has 250 valence electrons. The molecule has 14 nitrogen and oxygen atoms in total. The summed E-state index contributed by atoms with van der Waals surface area (Å²) >= 11 is -2.29. The minimum absolute atomic E-state index is 0.0434. The predicted octanol–water partition coefficient (Wildman–Crippen LogP) is 1.01. The largest absolute Gasteiger partial charge is 0.480 e. The normalized spacial score (nSPS) is 13.5. The fourth-order valence-electron chi connectivity index (χ4n) is 4.89. The van der Waals surface area contributed by atoms with Gasteiger partial charge < -0.3 is 10.2 Å². The molecule has 15 heteroatoms. The van der Waals surface area contributed by atoms with E-state index in [4.69, 9.17) is 0 Å². The summed E-state index contributed by atoms with van der Waals surface area (Å²) in [5.41, 5.74) is 6.87. The first-order chi connectivity index (χ1) is 21.3. The summed E-state index contributed by atoms with van der Waals surface area (Å²) < 4.78 is 1.15. The number of aliphatic carboxylic acids is 2. The van der Waals surface area contributed by atoms with Crippen molar-refractivity contribution in [3.05, 3.63) is 29.3 Å². The Morgan fingerprint density at radius 3 is 2.27 bits per heavy atom. The first-order valence-corrected chi connectivity index (χ1v) is 22.9. The average molecular weight is 691 g/mol. The molecule has 1 unspecified atom stereocenters. The second kappa shape index (κ2) is 19.1. The van der Waals surface area contributed by atoms with E-state index < -0.39 is 31.2 Å². The van der Waals surface area contributed by atoms with Gasteiger partial charge in [-0.15, -0.1) is 0 Å². The van der Waals surface area contributed by atoms with E-state index in [1.54, 1.807) is 11.0 Å². The SMILES string of the molecule is CCCN(CCN(CCC)C(CCC(=O)NCCCNC(=O)c1cc(C2=NNC=NN2)c[c]([Ge]([CH3])([CH3])[CH3])c1)C(=O)O)CC(=O)O. The minimum atomic E-state index is -2.29. The number of hydrogen-bond acceptors (Lipinski definition) is 10. The van der Waals surface area contributed by atoms with Gasteiger partial charge in [0.05, 0.1) is 6.54 Å². The summed E-state index contributed by atoms with van der Waals surface area (Å²) in [5.74, 6) is 4.88. The van der Waals surface area contributed by atoms with Crippen molar-refractivity contribution in [3.63, 3.8) is 0 Å². The number of nitrogens with zero attached hydrogens (tertiary/aromatic N) is 4. The number of rotatable bonds is 21. The summed E-state index contributed by atoms with van der Waals surface area (Å²) in [5, 5.41) is 33.0. The quantitative estimate of drug-likeness (QED) is 0.0803. The third kappa shape index (κ3) is 13.6. The first kappa shape index (κ1) is 37.7. The van der Waals surface area contributed by atoms with Gasteiger partial charge in [-0.2, -0.15) is 0 Å². The van der Waals surface area contributed by atoms with Crippen LogP contribution in [0.2, 0.25) is 17.3 Å². The number of nitrogens with one attached hydrogen (secondary N) is 4. The average Bonchev–Trinajstić information content (AvgIpc) is 2.99. The molecule has 1 heterocycles. The second-order valence-electron chi connectivity index (χ2n) is 12.1.